The monoisotopic (exact) mass is 286 g/mol. The highest BCUT2D eigenvalue weighted by atomic mass is 16.2. The SMILES string of the molecule is NC(=O)CC(N)(C(N)=O)C(=O)c1ccc2ccccc2n1. The van der Waals surface area contributed by atoms with Crippen molar-refractivity contribution in [2.75, 3.05) is 0 Å². The van der Waals surface area contributed by atoms with Crippen molar-refractivity contribution >= 4 is 28.5 Å². The third-order valence-electron chi connectivity index (χ3n) is 3.13. The number of carbonyl (C=O) groups is 3. The number of benzene rings is 1. The van der Waals surface area contributed by atoms with Gasteiger partial charge in [0.1, 0.15) is 5.69 Å². The van der Waals surface area contributed by atoms with E-state index in [1.54, 1.807) is 18.2 Å². The summed E-state index contributed by atoms with van der Waals surface area (Å²) in [6.45, 7) is 0. The Kier molecular flexibility index (Phi) is 3.68. The first-order valence-electron chi connectivity index (χ1n) is 6.12. The van der Waals surface area contributed by atoms with Gasteiger partial charge in [-0.2, -0.15) is 0 Å². The van der Waals surface area contributed by atoms with Gasteiger partial charge < -0.3 is 17.2 Å². The zero-order valence-corrected chi connectivity index (χ0v) is 11.1. The second-order valence-electron chi connectivity index (χ2n) is 4.70. The van der Waals surface area contributed by atoms with Gasteiger partial charge in [-0.05, 0) is 12.1 Å². The molecule has 21 heavy (non-hydrogen) atoms. The van der Waals surface area contributed by atoms with Gasteiger partial charge in [0.2, 0.25) is 17.6 Å². The normalized spacial score (nSPS) is 13.6. The van der Waals surface area contributed by atoms with Crippen molar-refractivity contribution in [3.63, 3.8) is 0 Å². The third-order valence-corrected chi connectivity index (χ3v) is 3.13. The lowest BCUT2D eigenvalue weighted by atomic mass is 9.88. The first-order chi connectivity index (χ1) is 9.84. The van der Waals surface area contributed by atoms with Gasteiger partial charge in [-0.1, -0.05) is 24.3 Å². The molecule has 0 bridgehead atoms. The summed E-state index contributed by atoms with van der Waals surface area (Å²) in [5, 5.41) is 0.825. The predicted molar refractivity (Wildman–Crippen MR) is 76.0 cm³/mol. The van der Waals surface area contributed by atoms with Crippen molar-refractivity contribution in [3.05, 3.63) is 42.1 Å². The minimum absolute atomic E-state index is 0.0451. The molecule has 1 aromatic carbocycles. The summed E-state index contributed by atoms with van der Waals surface area (Å²) < 4.78 is 0. The smallest absolute Gasteiger partial charge is 0.246 e. The van der Waals surface area contributed by atoms with E-state index in [1.807, 2.05) is 12.1 Å². The van der Waals surface area contributed by atoms with Crippen LogP contribution in [0.1, 0.15) is 16.9 Å². The van der Waals surface area contributed by atoms with Gasteiger partial charge in [-0.3, -0.25) is 14.4 Å². The standard InChI is InChI=1S/C14H14N4O3/c15-11(19)7-14(17,13(16)21)12(20)10-6-5-8-3-1-2-4-9(8)18-10/h1-6H,7,17H2,(H2,15,19)(H2,16,21). The summed E-state index contributed by atoms with van der Waals surface area (Å²) in [7, 11) is 0. The Morgan fingerprint density at radius 1 is 1.05 bits per heavy atom. The van der Waals surface area contributed by atoms with Crippen molar-refractivity contribution in [1.82, 2.24) is 4.98 Å². The molecule has 0 saturated carbocycles. The molecule has 6 N–H and O–H groups in total. The summed E-state index contributed by atoms with van der Waals surface area (Å²) in [5.41, 5.74) is 14.2. The van der Waals surface area contributed by atoms with Crippen molar-refractivity contribution in [2.24, 2.45) is 17.2 Å². The molecule has 0 aliphatic rings. The number of rotatable bonds is 5. The van der Waals surface area contributed by atoms with Crippen LogP contribution in [0.25, 0.3) is 10.9 Å². The fraction of sp³-hybridized carbons (Fsp3) is 0.143. The van der Waals surface area contributed by atoms with Crippen LogP contribution in [-0.4, -0.2) is 28.1 Å². The highest BCUT2D eigenvalue weighted by Crippen LogP contribution is 2.17. The number of fused-ring (bicyclic) bond motifs is 1. The predicted octanol–water partition coefficient (Wildman–Crippen LogP) is -0.524. The van der Waals surface area contributed by atoms with Gasteiger partial charge in [0, 0.05) is 5.39 Å². The van der Waals surface area contributed by atoms with Crippen LogP contribution in [0.4, 0.5) is 0 Å². The lowest BCUT2D eigenvalue weighted by Crippen LogP contribution is -2.60. The van der Waals surface area contributed by atoms with E-state index in [4.69, 9.17) is 17.2 Å². The summed E-state index contributed by atoms with van der Waals surface area (Å²) >= 11 is 0. The maximum Gasteiger partial charge on any atom is 0.246 e. The second kappa shape index (κ2) is 5.29. The maximum atomic E-state index is 12.4. The van der Waals surface area contributed by atoms with Gasteiger partial charge in [0.05, 0.1) is 11.9 Å². The Labute approximate surface area is 120 Å². The number of aromatic nitrogens is 1. The number of para-hydroxylation sites is 1. The Hall–Kier alpha value is -2.80. The molecule has 7 heteroatoms. The Bertz CT molecular complexity index is 744. The lowest BCUT2D eigenvalue weighted by molar-refractivity contribution is -0.126. The largest absolute Gasteiger partial charge is 0.370 e. The number of pyridine rings is 1. The minimum Gasteiger partial charge on any atom is -0.370 e. The van der Waals surface area contributed by atoms with Crippen molar-refractivity contribution in [3.8, 4) is 0 Å². The lowest BCUT2D eigenvalue weighted by Gasteiger charge is -2.22. The number of Topliss-reactive ketones (excluding diaryl/α,β-unsaturated/α-hetero) is 1. The average molecular weight is 286 g/mol. The number of nitrogens with zero attached hydrogens (tertiary/aromatic N) is 1. The number of amides is 2. The Balaban J connectivity index is 2.48. The van der Waals surface area contributed by atoms with Crippen LogP contribution in [0.5, 0.6) is 0 Å². The summed E-state index contributed by atoms with van der Waals surface area (Å²) in [6.07, 6.45) is -0.671. The quantitative estimate of drug-likeness (QED) is 0.500. The van der Waals surface area contributed by atoms with E-state index in [9.17, 15) is 14.4 Å². The summed E-state index contributed by atoms with van der Waals surface area (Å²) in [5.74, 6) is -2.86. The van der Waals surface area contributed by atoms with Gasteiger partial charge in [0.15, 0.2) is 5.54 Å². The second-order valence-corrected chi connectivity index (χ2v) is 4.70. The zero-order valence-electron chi connectivity index (χ0n) is 11.1. The Morgan fingerprint density at radius 3 is 2.33 bits per heavy atom. The zero-order chi connectivity index (χ0) is 15.6. The van der Waals surface area contributed by atoms with E-state index in [-0.39, 0.29) is 5.69 Å². The first-order valence-corrected chi connectivity index (χ1v) is 6.12. The highest BCUT2D eigenvalue weighted by Gasteiger charge is 2.43. The van der Waals surface area contributed by atoms with Crippen LogP contribution >= 0.6 is 0 Å². The first kappa shape index (κ1) is 14.6. The molecule has 108 valence electrons. The molecule has 0 aliphatic carbocycles. The third kappa shape index (κ3) is 2.72. The van der Waals surface area contributed by atoms with Crippen molar-refractivity contribution in [1.29, 1.82) is 0 Å². The number of primary amides is 2. The van der Waals surface area contributed by atoms with Crippen LogP contribution in [-0.2, 0) is 9.59 Å². The van der Waals surface area contributed by atoms with E-state index >= 15 is 0 Å². The fourth-order valence-electron chi connectivity index (χ4n) is 1.98. The van der Waals surface area contributed by atoms with E-state index < -0.39 is 29.6 Å². The topological polar surface area (TPSA) is 142 Å². The number of ketones is 1. The molecule has 7 nitrogen and oxygen atoms in total. The van der Waals surface area contributed by atoms with Gasteiger partial charge in [-0.25, -0.2) is 4.98 Å². The molecule has 0 saturated heterocycles. The highest BCUT2D eigenvalue weighted by molar-refractivity contribution is 6.18. The molecule has 1 aromatic heterocycles. The van der Waals surface area contributed by atoms with Gasteiger partial charge in [0.25, 0.3) is 0 Å². The van der Waals surface area contributed by atoms with Crippen molar-refractivity contribution in [2.45, 2.75) is 12.0 Å². The van der Waals surface area contributed by atoms with E-state index in [0.29, 0.717) is 5.52 Å². The molecule has 0 fully saturated rings. The molecular formula is C14H14N4O3. The number of hydrogen-bond acceptors (Lipinski definition) is 5. The number of nitrogens with two attached hydrogens (primary N) is 3. The van der Waals surface area contributed by atoms with Crippen molar-refractivity contribution < 1.29 is 14.4 Å². The molecule has 2 aromatic rings. The fourth-order valence-corrected chi connectivity index (χ4v) is 1.98. The van der Waals surface area contributed by atoms with Crippen LogP contribution in [0, 0.1) is 0 Å². The van der Waals surface area contributed by atoms with E-state index in [0.717, 1.165) is 5.39 Å². The molecule has 1 unspecified atom stereocenters. The maximum absolute atomic E-state index is 12.4. The molecule has 1 atom stereocenters. The van der Waals surface area contributed by atoms with Gasteiger partial charge >= 0.3 is 0 Å². The van der Waals surface area contributed by atoms with E-state index in [2.05, 4.69) is 4.98 Å². The van der Waals surface area contributed by atoms with Crippen LogP contribution < -0.4 is 17.2 Å². The molecule has 0 radical (unpaired) electrons. The average Bonchev–Trinajstić information content (AvgIpc) is 2.45. The molecule has 0 spiro atoms. The van der Waals surface area contributed by atoms with Crippen LogP contribution in [0.2, 0.25) is 0 Å². The number of hydrogen-bond donors (Lipinski definition) is 3. The van der Waals surface area contributed by atoms with Crippen LogP contribution in [0.15, 0.2) is 36.4 Å². The van der Waals surface area contributed by atoms with E-state index in [1.165, 1.54) is 6.07 Å². The molecule has 1 heterocycles. The molecular weight excluding hydrogens is 272 g/mol. The van der Waals surface area contributed by atoms with Crippen LogP contribution in [0.3, 0.4) is 0 Å². The molecule has 0 aliphatic heterocycles. The minimum atomic E-state index is -2.19. The molecule has 2 rings (SSSR count). The Morgan fingerprint density at radius 2 is 1.71 bits per heavy atom. The number of carbonyl (C=O) groups excluding carboxylic acids is 3. The summed E-state index contributed by atoms with van der Waals surface area (Å²) in [4.78, 5) is 39.0. The van der Waals surface area contributed by atoms with Gasteiger partial charge in [-0.15, -0.1) is 0 Å². The summed E-state index contributed by atoms with van der Waals surface area (Å²) in [6, 6.07) is 10.2. The molecule has 2 amide bonds.